The van der Waals surface area contributed by atoms with Gasteiger partial charge in [-0.1, -0.05) is 339 Å². The second-order valence-corrected chi connectivity index (χ2v) is 40.0. The highest BCUT2D eigenvalue weighted by Crippen LogP contribution is 2.48. The molecule has 0 unspecified atom stereocenters. The Kier molecular flexibility index (Phi) is 16.1. The van der Waals surface area contributed by atoms with E-state index in [9.17, 15) is 0 Å². The molecule has 0 aliphatic carbocycles. The summed E-state index contributed by atoms with van der Waals surface area (Å²) in [6, 6.07) is 151. The number of hydrogen-bond acceptors (Lipinski definition) is 2. The maximum absolute atomic E-state index is 3.15. The van der Waals surface area contributed by atoms with Crippen LogP contribution in [0.1, 0.15) is 52.7 Å². The van der Waals surface area contributed by atoms with Crippen LogP contribution in [0, 0.1) is 0 Å². The predicted octanol–water partition coefficient (Wildman–Crippen LogP) is 19.0. The predicted molar refractivity (Wildman–Crippen MR) is 479 cm³/mol. The number of fused-ring (bicyclic) bond motifs is 10. The topological polar surface area (TPSA) is 16.3 Å². The third-order valence-electron chi connectivity index (χ3n) is 24.1. The van der Waals surface area contributed by atoms with Crippen LogP contribution >= 0.6 is 0 Å². The maximum Gasteiger partial charge on any atom is 0.252 e. The van der Waals surface area contributed by atoms with E-state index >= 15 is 0 Å². The molecule has 4 nitrogen and oxygen atoms in total. The number of benzene rings is 16. The lowest BCUT2D eigenvalue weighted by atomic mass is 9.33. The van der Waals surface area contributed by atoms with Crippen LogP contribution in [0.5, 0.6) is 0 Å². The quantitative estimate of drug-likeness (QED) is 0.0845. The maximum atomic E-state index is 2.68. The van der Waals surface area contributed by atoms with Gasteiger partial charge in [0.2, 0.25) is 0 Å². The fourth-order valence-electron chi connectivity index (χ4n) is 18.9. The van der Waals surface area contributed by atoms with Crippen LogP contribution in [-0.2, 0) is 10.8 Å². The molecule has 0 atom stereocenters. The van der Waals surface area contributed by atoms with E-state index in [2.05, 4.69) is 455 Å². The molecule has 0 fully saturated rings. The molecule has 7 heteroatoms. The minimum absolute atomic E-state index is 0.0843. The van der Waals surface area contributed by atoms with Gasteiger partial charge in [0.25, 0.3) is 6.71 Å². The van der Waals surface area contributed by atoms with Crippen molar-refractivity contribution in [2.75, 3.05) is 9.80 Å². The molecule has 0 spiro atoms. The minimum Gasteiger partial charge on any atom is -0.311 e. The van der Waals surface area contributed by atoms with E-state index in [0.29, 0.717) is 0 Å². The lowest BCUT2D eigenvalue weighted by molar-refractivity contribution is 0.590. The van der Waals surface area contributed by atoms with Crippen LogP contribution in [0.4, 0.5) is 34.1 Å². The fraction of sp³-hybridized carbons (Fsp3) is 0.0769. The highest BCUT2D eigenvalue weighted by molar-refractivity contribution is 7.20. The van der Waals surface area contributed by atoms with Crippen molar-refractivity contribution >= 4 is 158 Å². The Morgan fingerprint density at radius 3 is 1.02 bits per heavy atom. The SMILES string of the molecule is CC(C)(C)c1ccc2c(c1)c1cc(C(C)(C)C)ccc1n2-c1cc2c3c(c1)N(c1ccc(-n4c5ccccc5c5ccccc54)cc1)c1cc(-c4ccccc4)ccc1B3c1cc([Si](c3ccccc3)(c3ccccc3)c3ccccc3)ccc1N2c1ccc([Si](c2ccccc2)(c2ccccc2)c2ccccc2)cc1. The summed E-state index contributed by atoms with van der Waals surface area (Å²) in [4.78, 5) is 5.29. The van der Waals surface area contributed by atoms with Crippen LogP contribution in [0.25, 0.3) is 66.1 Å². The first-order chi connectivity index (χ1) is 54.3. The van der Waals surface area contributed by atoms with Crippen LogP contribution in [0.2, 0.25) is 0 Å². The molecule has 18 aromatic rings. The summed E-state index contributed by atoms with van der Waals surface area (Å²) in [7, 11) is -6.13. The molecule has 0 saturated heterocycles. The second-order valence-electron chi connectivity index (χ2n) is 32.3. The zero-order chi connectivity index (χ0) is 74.7. The normalized spacial score (nSPS) is 12.9. The zero-order valence-corrected chi connectivity index (χ0v) is 65.4. The van der Waals surface area contributed by atoms with Gasteiger partial charge in [0.15, 0.2) is 16.1 Å². The third-order valence-corrected chi connectivity index (χ3v) is 33.7. The van der Waals surface area contributed by atoms with Gasteiger partial charge in [-0.2, -0.15) is 0 Å². The number of rotatable bonds is 13. The highest BCUT2D eigenvalue weighted by atomic mass is 28.3. The first-order valence-corrected chi connectivity index (χ1v) is 43.1. The Balaban J connectivity index is 0.917. The highest BCUT2D eigenvalue weighted by Gasteiger charge is 2.48. The van der Waals surface area contributed by atoms with Crippen molar-refractivity contribution in [1.82, 2.24) is 9.13 Å². The molecular formula is C104H83BN4Si2. The van der Waals surface area contributed by atoms with Crippen LogP contribution < -0.4 is 67.7 Å². The van der Waals surface area contributed by atoms with Crippen molar-refractivity contribution in [3.8, 4) is 22.5 Å². The smallest absolute Gasteiger partial charge is 0.252 e. The molecule has 0 amide bonds. The number of nitrogens with zero attached hydrogens (tertiary/aromatic N) is 4. The summed E-state index contributed by atoms with van der Waals surface area (Å²) >= 11 is 0. The average Bonchev–Trinajstić information content (AvgIpc) is 1.27. The van der Waals surface area contributed by atoms with Gasteiger partial charge >= 0.3 is 0 Å². The molecule has 0 bridgehead atoms. The number of aromatic nitrogens is 2. The Morgan fingerprint density at radius 2 is 0.577 bits per heavy atom. The van der Waals surface area contributed by atoms with Crippen molar-refractivity contribution in [3.05, 3.63) is 405 Å². The van der Waals surface area contributed by atoms with Crippen molar-refractivity contribution < 1.29 is 0 Å². The zero-order valence-electron chi connectivity index (χ0n) is 63.4. The van der Waals surface area contributed by atoms with Crippen molar-refractivity contribution in [2.24, 2.45) is 0 Å². The number of hydrogen-bond donors (Lipinski definition) is 0. The van der Waals surface area contributed by atoms with E-state index in [1.807, 2.05) is 0 Å². The van der Waals surface area contributed by atoms with Gasteiger partial charge < -0.3 is 18.9 Å². The van der Waals surface area contributed by atoms with E-state index < -0.39 is 16.1 Å². The van der Waals surface area contributed by atoms with Gasteiger partial charge in [-0.3, -0.25) is 0 Å². The van der Waals surface area contributed by atoms with E-state index in [4.69, 9.17) is 0 Å². The molecule has 4 heterocycles. The largest absolute Gasteiger partial charge is 0.311 e. The summed E-state index contributed by atoms with van der Waals surface area (Å²) in [5, 5.41) is 15.6. The summed E-state index contributed by atoms with van der Waals surface area (Å²) in [5.74, 6) is 0. The van der Waals surface area contributed by atoms with E-state index in [-0.39, 0.29) is 17.5 Å². The minimum atomic E-state index is -3.15. The fourth-order valence-corrected chi connectivity index (χ4v) is 28.4. The second kappa shape index (κ2) is 26.5. The van der Waals surface area contributed by atoms with Crippen LogP contribution in [0.15, 0.2) is 394 Å². The van der Waals surface area contributed by atoms with Crippen LogP contribution in [-0.4, -0.2) is 32.0 Å². The van der Waals surface area contributed by atoms with Gasteiger partial charge in [-0.25, -0.2) is 0 Å². The molecule has 0 radical (unpaired) electrons. The van der Waals surface area contributed by atoms with E-state index in [1.54, 1.807) is 0 Å². The van der Waals surface area contributed by atoms with Crippen LogP contribution in [0.3, 0.4) is 0 Å². The summed E-state index contributed by atoms with van der Waals surface area (Å²) in [6.07, 6.45) is 0. The Morgan fingerprint density at radius 1 is 0.225 bits per heavy atom. The molecule has 0 saturated carbocycles. The average molecular weight is 1460 g/mol. The molecular weight excluding hydrogens is 1370 g/mol. The lowest BCUT2D eigenvalue weighted by Crippen LogP contribution is -2.75. The number of anilines is 6. The molecule has 2 aliphatic rings. The molecule has 111 heavy (non-hydrogen) atoms. The molecule has 2 aliphatic heterocycles. The third kappa shape index (κ3) is 10.8. The Labute approximate surface area is 653 Å². The van der Waals surface area contributed by atoms with E-state index in [1.165, 1.54) is 118 Å². The molecule has 530 valence electrons. The molecule has 20 rings (SSSR count). The number of para-hydroxylation sites is 2. The summed E-state index contributed by atoms with van der Waals surface area (Å²) < 4.78 is 5.03. The summed E-state index contributed by atoms with van der Waals surface area (Å²) in [5.41, 5.74) is 22.1. The van der Waals surface area contributed by atoms with Crippen molar-refractivity contribution in [1.29, 1.82) is 0 Å². The molecule has 16 aromatic carbocycles. The Bertz CT molecular complexity index is 6250. The standard InChI is InChI=1S/C104H83BN4Si2/c1-103(2,3)74-51-63-96-90(67-74)91-68-75(104(4,5)6)52-64-97(91)109(96)79-69-100-102-101(70-79)108(77-55-53-76(54-56-77)106-94-48-30-28-46-88(94)89-47-29-31-49-95(89)106)99-66-73(72-32-14-7-15-33-72)50-62-92(99)105(102)93-71-87(111(83-40-22-11-23-41-83,84-42-24-12-25-43-84)85-44-26-13-27-45-85)61-65-98(93)107(100)78-57-59-86(60-58-78)110(80-34-16-8-17-35-80,81-36-18-9-19-37-81)82-38-20-10-21-39-82/h7-71H,1-6H3. The molecule has 2 aromatic heterocycles. The van der Waals surface area contributed by atoms with Gasteiger partial charge in [0.1, 0.15) is 0 Å². The first-order valence-electron chi connectivity index (χ1n) is 39.1. The van der Waals surface area contributed by atoms with Gasteiger partial charge in [0, 0.05) is 61.4 Å². The monoisotopic (exact) mass is 1450 g/mol. The van der Waals surface area contributed by atoms with Crippen molar-refractivity contribution in [3.63, 3.8) is 0 Å². The van der Waals surface area contributed by atoms with Gasteiger partial charge in [-0.05, 0) is 188 Å². The van der Waals surface area contributed by atoms with Crippen molar-refractivity contribution in [2.45, 2.75) is 52.4 Å². The summed E-state index contributed by atoms with van der Waals surface area (Å²) in [6.45, 7) is 13.8. The Hall–Kier alpha value is -12.8. The van der Waals surface area contributed by atoms with Gasteiger partial charge in [0.05, 0.1) is 27.8 Å². The first kappa shape index (κ1) is 67.6. The lowest BCUT2D eigenvalue weighted by Gasteiger charge is -2.45. The van der Waals surface area contributed by atoms with E-state index in [0.717, 1.165) is 51.1 Å². The van der Waals surface area contributed by atoms with Gasteiger partial charge in [-0.15, -0.1) is 0 Å². The molecule has 0 N–H and O–H groups in total.